The summed E-state index contributed by atoms with van der Waals surface area (Å²) >= 11 is 0. The van der Waals surface area contributed by atoms with Crippen molar-refractivity contribution >= 4 is 28.1 Å². The maximum absolute atomic E-state index is 12.8. The van der Waals surface area contributed by atoms with Crippen LogP contribution in [0.5, 0.6) is 0 Å². The molecule has 0 aliphatic carbocycles. The fraction of sp³-hybridized carbons (Fsp3) is 0.833. The van der Waals surface area contributed by atoms with Gasteiger partial charge in [0.05, 0.1) is 33.5 Å². The van der Waals surface area contributed by atoms with Gasteiger partial charge in [0, 0.05) is 11.8 Å². The zero-order valence-corrected chi connectivity index (χ0v) is 19.1. The normalized spacial score (nSPS) is 25.5. The zero-order chi connectivity index (χ0) is 23.4. The summed E-state index contributed by atoms with van der Waals surface area (Å²) in [5.74, 6) is -4.02. The summed E-state index contributed by atoms with van der Waals surface area (Å²) in [6, 6.07) is -1.34. The number of carbonyl (C=O) groups excluding carboxylic acids is 3. The first-order valence-corrected chi connectivity index (χ1v) is 11.1. The number of nitrogens with zero attached hydrogens (tertiary/aromatic N) is 1. The first-order chi connectivity index (χ1) is 13.6. The highest BCUT2D eigenvalue weighted by Gasteiger charge is 2.57. The summed E-state index contributed by atoms with van der Waals surface area (Å²) in [5, 5.41) is 10.9. The van der Waals surface area contributed by atoms with Crippen molar-refractivity contribution in [2.45, 2.75) is 52.0 Å². The molecule has 5 atom stereocenters. The number of aliphatic hydroxyl groups is 1. The molecule has 1 saturated heterocycles. The van der Waals surface area contributed by atoms with Crippen molar-refractivity contribution in [1.82, 2.24) is 4.90 Å². The lowest BCUT2D eigenvalue weighted by Crippen LogP contribution is -2.49. The Hall–Kier alpha value is -1.92. The predicted molar refractivity (Wildman–Crippen MR) is 103 cm³/mol. The van der Waals surface area contributed by atoms with Gasteiger partial charge in [0.25, 0.3) is 10.1 Å². The molecule has 0 saturated carbocycles. The molecular weight excluding hydrogens is 422 g/mol. The molecule has 30 heavy (non-hydrogen) atoms. The van der Waals surface area contributed by atoms with Gasteiger partial charge in [-0.05, 0) is 26.7 Å². The topological polar surface area (TPSA) is 146 Å². The summed E-state index contributed by atoms with van der Waals surface area (Å²) in [5.41, 5.74) is -0.918. The Bertz CT molecular complexity index is 745. The smallest absolute Gasteiger partial charge is 0.413 e. The summed E-state index contributed by atoms with van der Waals surface area (Å²) in [6.45, 7) is 6.11. The van der Waals surface area contributed by atoms with Crippen LogP contribution < -0.4 is 0 Å². The highest BCUT2D eigenvalue weighted by molar-refractivity contribution is 7.85. The lowest BCUT2D eigenvalue weighted by atomic mass is 9.79. The second-order valence-corrected chi connectivity index (χ2v) is 9.90. The van der Waals surface area contributed by atoms with Gasteiger partial charge >= 0.3 is 18.0 Å². The number of rotatable bonds is 7. The minimum Gasteiger partial charge on any atom is -0.469 e. The molecule has 1 amide bonds. The Balaban J connectivity index is 3.39. The van der Waals surface area contributed by atoms with Gasteiger partial charge in [-0.2, -0.15) is 8.42 Å². The van der Waals surface area contributed by atoms with Crippen LogP contribution in [0.1, 0.15) is 34.1 Å². The Morgan fingerprint density at radius 1 is 1.13 bits per heavy atom. The van der Waals surface area contributed by atoms with E-state index in [2.05, 4.69) is 0 Å². The number of amides is 1. The summed E-state index contributed by atoms with van der Waals surface area (Å²) in [4.78, 5) is 38.2. The average Bonchev–Trinajstić information content (AvgIpc) is 2.88. The van der Waals surface area contributed by atoms with E-state index in [0.29, 0.717) is 0 Å². The lowest BCUT2D eigenvalue weighted by Gasteiger charge is -2.30. The molecule has 0 radical (unpaired) electrons. The van der Waals surface area contributed by atoms with Gasteiger partial charge in [0.15, 0.2) is 0 Å². The summed E-state index contributed by atoms with van der Waals surface area (Å²) in [6.07, 6.45) is -1.97. The first kappa shape index (κ1) is 26.1. The van der Waals surface area contributed by atoms with E-state index < -0.39 is 63.8 Å². The molecule has 1 aliphatic rings. The van der Waals surface area contributed by atoms with Crippen LogP contribution in [0.15, 0.2) is 0 Å². The van der Waals surface area contributed by atoms with E-state index in [1.807, 2.05) is 0 Å². The van der Waals surface area contributed by atoms with Gasteiger partial charge < -0.3 is 19.3 Å². The van der Waals surface area contributed by atoms with Crippen molar-refractivity contribution < 1.29 is 46.3 Å². The van der Waals surface area contributed by atoms with Crippen molar-refractivity contribution in [1.29, 1.82) is 0 Å². The third kappa shape index (κ3) is 6.81. The van der Waals surface area contributed by atoms with E-state index in [0.717, 1.165) is 25.4 Å². The third-order valence-corrected chi connectivity index (χ3v) is 5.27. The van der Waals surface area contributed by atoms with Gasteiger partial charge in [-0.25, -0.2) is 9.59 Å². The van der Waals surface area contributed by atoms with Crippen LogP contribution in [0.25, 0.3) is 0 Å². The average molecular weight is 454 g/mol. The zero-order valence-electron chi connectivity index (χ0n) is 18.3. The van der Waals surface area contributed by atoms with Gasteiger partial charge in [0.2, 0.25) is 0 Å². The molecular formula is C18H31NO10S. The number of hydrogen-bond acceptors (Lipinski definition) is 10. The quantitative estimate of drug-likeness (QED) is 0.328. The van der Waals surface area contributed by atoms with Crippen molar-refractivity contribution in [2.75, 3.05) is 27.1 Å². The maximum atomic E-state index is 12.8. The second-order valence-electron chi connectivity index (χ2n) is 8.26. The Labute approximate surface area is 176 Å². The molecule has 1 rings (SSSR count). The molecule has 1 fully saturated rings. The SMILES string of the molecule is COC(=O)C[C@H]1[C@@H](C(C)COS(C)(=O)=O)C(O)N(C(=O)OC(C)(C)C)[C@@H]1C(=O)OC. The van der Waals surface area contributed by atoms with E-state index in [1.165, 1.54) is 0 Å². The van der Waals surface area contributed by atoms with Gasteiger partial charge in [-0.3, -0.25) is 13.9 Å². The standard InChI is InChI=1S/C18H31NO10S/c1-10(9-28-30(7,24)25)13-11(8-12(20)26-5)14(16(22)27-6)19(15(13)21)17(23)29-18(2,3)4/h10-11,13-15,21H,8-9H2,1-7H3/t10?,11-,13+,14-,15?/m0/s1. The molecule has 2 unspecified atom stereocenters. The second kappa shape index (κ2) is 9.92. The molecule has 1 aliphatic heterocycles. The summed E-state index contributed by atoms with van der Waals surface area (Å²) < 4.78 is 42.4. The fourth-order valence-corrected chi connectivity index (χ4v) is 3.98. The molecule has 0 aromatic carbocycles. The predicted octanol–water partition coefficient (Wildman–Crippen LogP) is 0.505. The van der Waals surface area contributed by atoms with Gasteiger partial charge in [-0.1, -0.05) is 6.92 Å². The van der Waals surface area contributed by atoms with Crippen LogP contribution in [0.4, 0.5) is 4.79 Å². The van der Waals surface area contributed by atoms with Crippen LogP contribution in [0.3, 0.4) is 0 Å². The van der Waals surface area contributed by atoms with Crippen molar-refractivity contribution in [3.05, 3.63) is 0 Å². The highest BCUT2D eigenvalue weighted by Crippen LogP contribution is 2.42. The first-order valence-electron chi connectivity index (χ1n) is 9.31. The number of methoxy groups -OCH3 is 2. The number of aliphatic hydroxyl groups excluding tert-OH is 1. The summed E-state index contributed by atoms with van der Waals surface area (Å²) in [7, 11) is -1.49. The highest BCUT2D eigenvalue weighted by atomic mass is 32.2. The molecule has 1 N–H and O–H groups in total. The molecule has 12 heteroatoms. The van der Waals surface area contributed by atoms with E-state index in [9.17, 15) is 27.9 Å². The molecule has 0 spiro atoms. The van der Waals surface area contributed by atoms with E-state index in [1.54, 1.807) is 27.7 Å². The molecule has 0 aromatic rings. The molecule has 0 aromatic heterocycles. The van der Waals surface area contributed by atoms with Gasteiger partial charge in [0.1, 0.15) is 17.9 Å². The van der Waals surface area contributed by atoms with Crippen molar-refractivity contribution in [3.63, 3.8) is 0 Å². The minimum atomic E-state index is -3.77. The molecule has 11 nitrogen and oxygen atoms in total. The van der Waals surface area contributed by atoms with Crippen LogP contribution in [0, 0.1) is 17.8 Å². The van der Waals surface area contributed by atoms with Gasteiger partial charge in [-0.15, -0.1) is 0 Å². The third-order valence-electron chi connectivity index (χ3n) is 4.71. The monoisotopic (exact) mass is 453 g/mol. The number of likely N-dealkylation sites (tertiary alicyclic amines) is 1. The largest absolute Gasteiger partial charge is 0.469 e. The van der Waals surface area contributed by atoms with Crippen molar-refractivity contribution in [3.8, 4) is 0 Å². The minimum absolute atomic E-state index is 0.319. The van der Waals surface area contributed by atoms with E-state index in [4.69, 9.17) is 18.4 Å². The molecule has 0 bridgehead atoms. The van der Waals surface area contributed by atoms with E-state index in [-0.39, 0.29) is 13.0 Å². The Kier molecular flexibility index (Phi) is 8.64. The Morgan fingerprint density at radius 2 is 1.70 bits per heavy atom. The van der Waals surface area contributed by atoms with Crippen LogP contribution in [-0.4, -0.2) is 81.4 Å². The molecule has 1 heterocycles. The van der Waals surface area contributed by atoms with Crippen LogP contribution in [-0.2, 0) is 38.1 Å². The van der Waals surface area contributed by atoms with Crippen LogP contribution >= 0.6 is 0 Å². The number of carbonyl (C=O) groups is 3. The molecule has 174 valence electrons. The maximum Gasteiger partial charge on any atom is 0.413 e. The van der Waals surface area contributed by atoms with E-state index >= 15 is 0 Å². The van der Waals surface area contributed by atoms with Crippen LogP contribution in [0.2, 0.25) is 0 Å². The number of ether oxygens (including phenoxy) is 3. The van der Waals surface area contributed by atoms with Crippen molar-refractivity contribution in [2.24, 2.45) is 17.8 Å². The number of esters is 2. The lowest BCUT2D eigenvalue weighted by molar-refractivity contribution is -0.150. The fourth-order valence-electron chi connectivity index (χ4n) is 3.51. The number of hydrogen-bond donors (Lipinski definition) is 1. The Morgan fingerprint density at radius 3 is 2.13 bits per heavy atom.